The molecule has 0 aliphatic carbocycles. The van der Waals surface area contributed by atoms with Gasteiger partial charge in [0, 0.05) is 11.7 Å². The molecule has 1 heterocycles. The van der Waals surface area contributed by atoms with Crippen molar-refractivity contribution in [3.05, 3.63) is 59.7 Å². The van der Waals surface area contributed by atoms with E-state index in [2.05, 4.69) is 35.2 Å². The Hall–Kier alpha value is -2.37. The lowest BCUT2D eigenvalue weighted by atomic mass is 10.0. The van der Waals surface area contributed by atoms with E-state index in [1.165, 1.54) is 18.4 Å². The summed E-state index contributed by atoms with van der Waals surface area (Å²) in [6.07, 6.45) is 4.17. The van der Waals surface area contributed by atoms with Crippen molar-refractivity contribution in [1.29, 1.82) is 0 Å². The average molecular weight is 353 g/mol. The molecule has 5 nitrogen and oxygen atoms in total. The molecule has 1 aliphatic heterocycles. The number of hydrogen-bond donors (Lipinski definition) is 3. The molecule has 0 aromatic heterocycles. The van der Waals surface area contributed by atoms with Gasteiger partial charge in [-0.25, -0.2) is 10.9 Å². The van der Waals surface area contributed by atoms with Crippen molar-refractivity contribution in [3.8, 4) is 5.75 Å². The molecule has 3 rings (SSSR count). The first kappa shape index (κ1) is 18.4. The molecule has 1 amide bonds. The lowest BCUT2D eigenvalue weighted by molar-refractivity contribution is -0.117. The molecule has 0 saturated carbocycles. The molecule has 138 valence electrons. The van der Waals surface area contributed by atoms with Gasteiger partial charge in [0.15, 0.2) is 0 Å². The first-order valence-electron chi connectivity index (χ1n) is 9.24. The molecule has 2 aromatic carbocycles. The molecule has 1 saturated heterocycles. The molecule has 5 heteroatoms. The largest absolute Gasteiger partial charge is 0.497 e. The number of nitrogens with one attached hydrogen (secondary N) is 3. The molecule has 2 unspecified atom stereocenters. The minimum atomic E-state index is -0.262. The van der Waals surface area contributed by atoms with Crippen LogP contribution in [0.25, 0.3) is 0 Å². The molecule has 2 atom stereocenters. The van der Waals surface area contributed by atoms with Crippen molar-refractivity contribution in [3.63, 3.8) is 0 Å². The zero-order chi connectivity index (χ0) is 18.4. The third-order valence-electron chi connectivity index (χ3n) is 4.78. The highest BCUT2D eigenvalue weighted by molar-refractivity contribution is 5.95. The van der Waals surface area contributed by atoms with Crippen molar-refractivity contribution in [2.75, 3.05) is 12.4 Å². The van der Waals surface area contributed by atoms with Crippen molar-refractivity contribution in [1.82, 2.24) is 10.9 Å². The molecule has 0 bridgehead atoms. The number of carbonyl (C=O) groups is 1. The minimum absolute atomic E-state index is 0.0187. The van der Waals surface area contributed by atoms with Gasteiger partial charge in [-0.2, -0.15) is 0 Å². The van der Waals surface area contributed by atoms with Crippen molar-refractivity contribution < 1.29 is 9.53 Å². The van der Waals surface area contributed by atoms with Gasteiger partial charge in [-0.05, 0) is 54.7 Å². The predicted molar refractivity (Wildman–Crippen MR) is 104 cm³/mol. The second-order valence-corrected chi connectivity index (χ2v) is 6.69. The second kappa shape index (κ2) is 8.83. The number of ether oxygens (including phenoxy) is 1. The summed E-state index contributed by atoms with van der Waals surface area (Å²) in [4.78, 5) is 12.5. The molecule has 0 spiro atoms. The maximum Gasteiger partial charge on any atom is 0.242 e. The van der Waals surface area contributed by atoms with Gasteiger partial charge in [0.1, 0.15) is 11.8 Å². The Morgan fingerprint density at radius 3 is 2.50 bits per heavy atom. The van der Waals surface area contributed by atoms with E-state index in [-0.39, 0.29) is 18.0 Å². The predicted octanol–water partition coefficient (Wildman–Crippen LogP) is 3.58. The lowest BCUT2D eigenvalue weighted by Gasteiger charge is -2.11. The highest BCUT2D eigenvalue weighted by Gasteiger charge is 2.30. The number of rotatable bonds is 7. The summed E-state index contributed by atoms with van der Waals surface area (Å²) in [5, 5.41) is 3.00. The molecule has 1 aliphatic rings. The summed E-state index contributed by atoms with van der Waals surface area (Å²) in [5.41, 5.74) is 9.59. The smallest absolute Gasteiger partial charge is 0.242 e. The number of unbranched alkanes of at least 4 members (excludes halogenated alkanes) is 1. The van der Waals surface area contributed by atoms with Crippen LogP contribution in [-0.4, -0.2) is 19.1 Å². The SMILES string of the molecule is CCCCc1ccc(NC(=O)C2CC(c3ccc(OC)cc3)NN2)cc1. The van der Waals surface area contributed by atoms with Gasteiger partial charge >= 0.3 is 0 Å². The number of hydrogen-bond acceptors (Lipinski definition) is 4. The molecular weight excluding hydrogens is 326 g/mol. The van der Waals surface area contributed by atoms with Crippen LogP contribution in [0.3, 0.4) is 0 Å². The van der Waals surface area contributed by atoms with E-state index in [1.807, 2.05) is 36.4 Å². The van der Waals surface area contributed by atoms with Gasteiger partial charge in [0.2, 0.25) is 5.91 Å². The number of carbonyl (C=O) groups excluding carboxylic acids is 1. The third kappa shape index (κ3) is 4.62. The van der Waals surface area contributed by atoms with Crippen LogP contribution in [0.15, 0.2) is 48.5 Å². The topological polar surface area (TPSA) is 62.4 Å². The first-order chi connectivity index (χ1) is 12.7. The highest BCUT2D eigenvalue weighted by atomic mass is 16.5. The summed E-state index contributed by atoms with van der Waals surface area (Å²) in [7, 11) is 1.65. The van der Waals surface area contributed by atoms with Crippen molar-refractivity contribution in [2.45, 2.75) is 44.7 Å². The highest BCUT2D eigenvalue weighted by Crippen LogP contribution is 2.25. The quantitative estimate of drug-likeness (QED) is 0.712. The fourth-order valence-electron chi connectivity index (χ4n) is 3.15. The lowest BCUT2D eigenvalue weighted by Crippen LogP contribution is -2.39. The van der Waals surface area contributed by atoms with Crippen LogP contribution in [0.5, 0.6) is 5.75 Å². The van der Waals surface area contributed by atoms with E-state index in [0.29, 0.717) is 6.42 Å². The zero-order valence-electron chi connectivity index (χ0n) is 15.4. The molecule has 26 heavy (non-hydrogen) atoms. The molecule has 0 radical (unpaired) electrons. The number of amides is 1. The van der Waals surface area contributed by atoms with Crippen LogP contribution < -0.4 is 20.9 Å². The summed E-state index contributed by atoms with van der Waals surface area (Å²) < 4.78 is 5.19. The van der Waals surface area contributed by atoms with Crippen molar-refractivity contribution >= 4 is 11.6 Å². The van der Waals surface area contributed by atoms with Crippen LogP contribution in [0.2, 0.25) is 0 Å². The van der Waals surface area contributed by atoms with E-state index in [1.54, 1.807) is 7.11 Å². The summed E-state index contributed by atoms with van der Waals surface area (Å²) in [6.45, 7) is 2.19. The van der Waals surface area contributed by atoms with Crippen LogP contribution in [-0.2, 0) is 11.2 Å². The van der Waals surface area contributed by atoms with Gasteiger partial charge in [0.05, 0.1) is 7.11 Å². The molecule has 3 N–H and O–H groups in total. The Morgan fingerprint density at radius 2 is 1.85 bits per heavy atom. The van der Waals surface area contributed by atoms with Gasteiger partial charge in [-0.15, -0.1) is 0 Å². The van der Waals surface area contributed by atoms with E-state index in [9.17, 15) is 4.79 Å². The monoisotopic (exact) mass is 353 g/mol. The number of aryl methyl sites for hydroxylation is 1. The van der Waals surface area contributed by atoms with Gasteiger partial charge in [-0.1, -0.05) is 37.6 Å². The standard InChI is InChI=1S/C21H27N3O2/c1-3-4-5-15-6-10-17(11-7-15)22-21(25)20-14-19(23-24-20)16-8-12-18(26-2)13-9-16/h6-13,19-20,23-24H,3-5,14H2,1-2H3,(H,22,25). The van der Waals surface area contributed by atoms with Crippen molar-refractivity contribution in [2.24, 2.45) is 0 Å². The number of benzene rings is 2. The number of anilines is 1. The van der Waals surface area contributed by atoms with Crippen LogP contribution in [0.4, 0.5) is 5.69 Å². The average Bonchev–Trinajstić information content (AvgIpc) is 3.18. The van der Waals surface area contributed by atoms with E-state index in [4.69, 9.17) is 4.74 Å². The van der Waals surface area contributed by atoms with E-state index in [0.717, 1.165) is 23.4 Å². The van der Waals surface area contributed by atoms with Gasteiger partial charge in [0.25, 0.3) is 0 Å². The van der Waals surface area contributed by atoms with Gasteiger partial charge in [-0.3, -0.25) is 4.79 Å². The minimum Gasteiger partial charge on any atom is -0.497 e. The summed E-state index contributed by atoms with van der Waals surface area (Å²) >= 11 is 0. The maximum absolute atomic E-state index is 12.5. The molecule has 1 fully saturated rings. The fraction of sp³-hybridized carbons (Fsp3) is 0.381. The van der Waals surface area contributed by atoms with Gasteiger partial charge < -0.3 is 10.1 Å². The first-order valence-corrected chi connectivity index (χ1v) is 9.24. The summed E-state index contributed by atoms with van der Waals surface area (Å²) in [6, 6.07) is 15.9. The Morgan fingerprint density at radius 1 is 1.12 bits per heavy atom. The maximum atomic E-state index is 12.5. The van der Waals surface area contributed by atoms with E-state index < -0.39 is 0 Å². The Kier molecular flexibility index (Phi) is 6.26. The fourth-order valence-corrected chi connectivity index (χ4v) is 3.15. The van der Waals surface area contributed by atoms with E-state index >= 15 is 0 Å². The normalized spacial score (nSPS) is 19.3. The van der Waals surface area contributed by atoms with Crippen LogP contribution >= 0.6 is 0 Å². The third-order valence-corrected chi connectivity index (χ3v) is 4.78. The summed E-state index contributed by atoms with van der Waals surface area (Å²) in [5.74, 6) is 0.811. The number of methoxy groups -OCH3 is 1. The Labute approximate surface area is 155 Å². The van der Waals surface area contributed by atoms with Crippen LogP contribution in [0.1, 0.15) is 43.4 Å². The molecule has 2 aromatic rings. The second-order valence-electron chi connectivity index (χ2n) is 6.69. The Bertz CT molecular complexity index is 713. The molecular formula is C21H27N3O2. The van der Waals surface area contributed by atoms with Crippen LogP contribution in [0, 0.1) is 0 Å². The number of hydrazine groups is 1. The zero-order valence-corrected chi connectivity index (χ0v) is 15.4. The Balaban J connectivity index is 1.53.